The molecule has 1 aromatic carbocycles. The van der Waals surface area contributed by atoms with E-state index in [4.69, 9.17) is 0 Å². The number of rotatable bonds is 3. The van der Waals surface area contributed by atoms with Crippen LogP contribution < -0.4 is 5.32 Å². The fraction of sp³-hybridized carbons (Fsp3) is 0.0769. The molecule has 0 unspecified atom stereocenters. The molecular formula is C13H11N3O4. The molecule has 0 aliphatic carbocycles. The number of nitrogens with zero attached hydrogens (tertiary/aromatic N) is 2. The summed E-state index contributed by atoms with van der Waals surface area (Å²) in [7, 11) is 0. The van der Waals surface area contributed by atoms with Gasteiger partial charge in [-0.3, -0.25) is 14.9 Å². The van der Waals surface area contributed by atoms with Crippen molar-refractivity contribution in [1.82, 2.24) is 4.98 Å². The van der Waals surface area contributed by atoms with Crippen molar-refractivity contribution in [1.29, 1.82) is 0 Å². The van der Waals surface area contributed by atoms with E-state index in [2.05, 4.69) is 10.3 Å². The molecule has 0 fully saturated rings. The normalized spacial score (nSPS) is 10.1. The number of hydrogen-bond acceptors (Lipinski definition) is 5. The van der Waals surface area contributed by atoms with E-state index in [1.165, 1.54) is 12.1 Å². The van der Waals surface area contributed by atoms with Crippen molar-refractivity contribution in [3.63, 3.8) is 0 Å². The highest BCUT2D eigenvalue weighted by atomic mass is 16.6. The molecule has 20 heavy (non-hydrogen) atoms. The molecule has 0 aliphatic heterocycles. The van der Waals surface area contributed by atoms with Gasteiger partial charge in [0.1, 0.15) is 5.82 Å². The number of nitrogens with one attached hydrogen (secondary N) is 1. The van der Waals surface area contributed by atoms with Gasteiger partial charge in [-0.1, -0.05) is 12.1 Å². The van der Waals surface area contributed by atoms with Crippen molar-refractivity contribution in [2.75, 3.05) is 5.32 Å². The number of para-hydroxylation sites is 1. The van der Waals surface area contributed by atoms with E-state index in [-0.39, 0.29) is 5.56 Å². The van der Waals surface area contributed by atoms with Crippen molar-refractivity contribution < 1.29 is 14.8 Å². The van der Waals surface area contributed by atoms with E-state index in [1.54, 1.807) is 25.1 Å². The quantitative estimate of drug-likeness (QED) is 0.659. The molecule has 7 nitrogen and oxygen atoms in total. The van der Waals surface area contributed by atoms with Crippen LogP contribution in [0.5, 0.6) is 5.75 Å². The number of amides is 1. The zero-order valence-electron chi connectivity index (χ0n) is 10.5. The van der Waals surface area contributed by atoms with Gasteiger partial charge in [0.2, 0.25) is 5.75 Å². The van der Waals surface area contributed by atoms with Crippen molar-refractivity contribution in [2.24, 2.45) is 0 Å². The van der Waals surface area contributed by atoms with Crippen LogP contribution in [-0.4, -0.2) is 20.9 Å². The number of phenols is 1. The van der Waals surface area contributed by atoms with Crippen LogP contribution in [0.15, 0.2) is 36.4 Å². The summed E-state index contributed by atoms with van der Waals surface area (Å²) in [6.45, 7) is 1.76. The second-order valence-corrected chi connectivity index (χ2v) is 4.05. The molecule has 0 spiro atoms. The van der Waals surface area contributed by atoms with Gasteiger partial charge in [0.15, 0.2) is 0 Å². The summed E-state index contributed by atoms with van der Waals surface area (Å²) in [5.41, 5.74) is 0.0171. The molecule has 2 aromatic rings. The third-order valence-corrected chi connectivity index (χ3v) is 2.59. The number of aromatic nitrogens is 1. The van der Waals surface area contributed by atoms with Crippen molar-refractivity contribution in [2.45, 2.75) is 6.92 Å². The summed E-state index contributed by atoms with van der Waals surface area (Å²) in [5.74, 6) is -1.02. The number of anilines is 1. The molecule has 1 heterocycles. The summed E-state index contributed by atoms with van der Waals surface area (Å²) in [6.07, 6.45) is 0. The number of nitro groups is 1. The number of carbonyl (C=O) groups is 1. The van der Waals surface area contributed by atoms with Gasteiger partial charge in [-0.2, -0.15) is 0 Å². The van der Waals surface area contributed by atoms with E-state index in [0.29, 0.717) is 11.5 Å². The number of benzene rings is 1. The zero-order chi connectivity index (χ0) is 14.7. The largest absolute Gasteiger partial charge is 0.502 e. The molecular weight excluding hydrogens is 262 g/mol. The van der Waals surface area contributed by atoms with Crippen LogP contribution in [0.3, 0.4) is 0 Å². The third-order valence-electron chi connectivity index (χ3n) is 2.59. The number of phenolic OH excluding ortho intramolecular Hbond substituents is 1. The fourth-order valence-electron chi connectivity index (χ4n) is 1.66. The van der Waals surface area contributed by atoms with Crippen LogP contribution in [0.1, 0.15) is 16.1 Å². The number of carbonyl (C=O) groups excluding carboxylic acids is 1. The Balaban J connectivity index is 2.30. The standard InChI is InChI=1S/C13H11N3O4/c1-8-4-2-7-11(14-8)15-13(18)9-5-3-6-10(12(9)17)16(19)20/h2-7,17H,1H3,(H,14,15,18). The lowest BCUT2D eigenvalue weighted by atomic mass is 10.1. The fourth-order valence-corrected chi connectivity index (χ4v) is 1.66. The second-order valence-electron chi connectivity index (χ2n) is 4.05. The second kappa shape index (κ2) is 5.35. The zero-order valence-corrected chi connectivity index (χ0v) is 10.5. The lowest BCUT2D eigenvalue weighted by Gasteiger charge is -2.06. The molecule has 2 rings (SSSR count). The molecule has 102 valence electrons. The van der Waals surface area contributed by atoms with Crippen LogP contribution in [0.25, 0.3) is 0 Å². The van der Waals surface area contributed by atoms with E-state index < -0.39 is 22.3 Å². The maximum Gasteiger partial charge on any atom is 0.311 e. The summed E-state index contributed by atoms with van der Waals surface area (Å²) < 4.78 is 0. The van der Waals surface area contributed by atoms with Crippen molar-refractivity contribution in [3.8, 4) is 5.75 Å². The Kier molecular flexibility index (Phi) is 3.60. The lowest BCUT2D eigenvalue weighted by Crippen LogP contribution is -2.13. The smallest absolute Gasteiger partial charge is 0.311 e. The van der Waals surface area contributed by atoms with Gasteiger partial charge in [-0.05, 0) is 25.1 Å². The third kappa shape index (κ3) is 2.72. The topological polar surface area (TPSA) is 105 Å². The molecule has 1 amide bonds. The molecule has 0 atom stereocenters. The monoisotopic (exact) mass is 273 g/mol. The number of nitro benzene ring substituents is 1. The first-order chi connectivity index (χ1) is 9.49. The Bertz CT molecular complexity index is 685. The Morgan fingerprint density at radius 3 is 2.65 bits per heavy atom. The van der Waals surface area contributed by atoms with Gasteiger partial charge in [0.05, 0.1) is 10.5 Å². The Hall–Kier alpha value is -2.96. The summed E-state index contributed by atoms with van der Waals surface area (Å²) in [4.78, 5) is 26.0. The highest BCUT2D eigenvalue weighted by Gasteiger charge is 2.21. The lowest BCUT2D eigenvalue weighted by molar-refractivity contribution is -0.385. The summed E-state index contributed by atoms with van der Waals surface area (Å²) in [5, 5.41) is 22.9. The van der Waals surface area contributed by atoms with Gasteiger partial charge >= 0.3 is 5.69 Å². The Morgan fingerprint density at radius 1 is 1.30 bits per heavy atom. The molecule has 0 saturated heterocycles. The maximum absolute atomic E-state index is 12.0. The van der Waals surface area contributed by atoms with Crippen molar-refractivity contribution >= 4 is 17.4 Å². The van der Waals surface area contributed by atoms with Crippen LogP contribution in [0.4, 0.5) is 11.5 Å². The van der Waals surface area contributed by atoms with Gasteiger partial charge in [-0.25, -0.2) is 4.98 Å². The van der Waals surface area contributed by atoms with Gasteiger partial charge < -0.3 is 10.4 Å². The number of pyridine rings is 1. The minimum absolute atomic E-state index is 0.178. The Morgan fingerprint density at radius 2 is 2.00 bits per heavy atom. The average molecular weight is 273 g/mol. The molecule has 0 radical (unpaired) electrons. The van der Waals surface area contributed by atoms with Gasteiger partial charge in [0, 0.05) is 11.8 Å². The van der Waals surface area contributed by atoms with Crippen LogP contribution in [0, 0.1) is 17.0 Å². The molecule has 0 bridgehead atoms. The highest BCUT2D eigenvalue weighted by molar-refractivity contribution is 6.06. The average Bonchev–Trinajstić information content (AvgIpc) is 2.38. The van der Waals surface area contributed by atoms with Crippen molar-refractivity contribution in [3.05, 3.63) is 57.8 Å². The van der Waals surface area contributed by atoms with E-state index in [9.17, 15) is 20.0 Å². The predicted molar refractivity (Wildman–Crippen MR) is 71.7 cm³/mol. The first-order valence-electron chi connectivity index (χ1n) is 5.70. The minimum Gasteiger partial charge on any atom is -0.502 e. The van der Waals surface area contributed by atoms with Gasteiger partial charge in [-0.15, -0.1) is 0 Å². The van der Waals surface area contributed by atoms with Crippen LogP contribution in [0.2, 0.25) is 0 Å². The molecule has 2 N–H and O–H groups in total. The number of hydrogen-bond donors (Lipinski definition) is 2. The number of aryl methyl sites for hydroxylation is 1. The Labute approximate surface area is 114 Å². The van der Waals surface area contributed by atoms with Gasteiger partial charge in [0.25, 0.3) is 5.91 Å². The molecule has 0 saturated carbocycles. The SMILES string of the molecule is Cc1cccc(NC(=O)c2cccc([N+](=O)[O-])c2O)n1. The number of aromatic hydroxyl groups is 1. The first-order valence-corrected chi connectivity index (χ1v) is 5.70. The molecule has 1 aromatic heterocycles. The molecule has 7 heteroatoms. The summed E-state index contributed by atoms with van der Waals surface area (Å²) >= 11 is 0. The van der Waals surface area contributed by atoms with E-state index in [0.717, 1.165) is 6.07 Å². The van der Waals surface area contributed by atoms with Crippen LogP contribution in [-0.2, 0) is 0 Å². The maximum atomic E-state index is 12.0. The molecule has 0 aliphatic rings. The first kappa shape index (κ1) is 13.5. The summed E-state index contributed by atoms with van der Waals surface area (Å²) in [6, 6.07) is 8.81. The van der Waals surface area contributed by atoms with E-state index >= 15 is 0 Å². The minimum atomic E-state index is -0.753. The van der Waals surface area contributed by atoms with Crippen LogP contribution >= 0.6 is 0 Å². The highest BCUT2D eigenvalue weighted by Crippen LogP contribution is 2.29. The van der Waals surface area contributed by atoms with E-state index in [1.807, 2.05) is 0 Å². The predicted octanol–water partition coefficient (Wildman–Crippen LogP) is 2.26.